The molecule has 1 aromatic rings. The maximum atomic E-state index is 11.9. The average molecular weight is 333 g/mol. The Labute approximate surface area is 125 Å². The highest BCUT2D eigenvalue weighted by Crippen LogP contribution is 2.39. The molecule has 0 radical (unpaired) electrons. The van der Waals surface area contributed by atoms with Gasteiger partial charge in [0.25, 0.3) is 0 Å². The first-order chi connectivity index (χ1) is 9.45. The molecule has 102 valence electrons. The summed E-state index contributed by atoms with van der Waals surface area (Å²) in [6, 6.07) is 9.51. The van der Waals surface area contributed by atoms with Crippen molar-refractivity contribution < 1.29 is 9.53 Å². The van der Waals surface area contributed by atoms with Crippen LogP contribution in [0.15, 0.2) is 51.5 Å². The van der Waals surface area contributed by atoms with Crippen LogP contribution in [0.3, 0.4) is 0 Å². The fourth-order valence-corrected chi connectivity index (χ4v) is 2.59. The predicted octanol–water partition coefficient (Wildman–Crippen LogP) is 3.12. The van der Waals surface area contributed by atoms with Crippen LogP contribution >= 0.6 is 15.9 Å². The van der Waals surface area contributed by atoms with E-state index in [-0.39, 0.29) is 17.2 Å². The summed E-state index contributed by atoms with van der Waals surface area (Å²) in [7, 11) is 0. The van der Waals surface area contributed by atoms with Gasteiger partial charge in [0, 0.05) is 10.0 Å². The summed E-state index contributed by atoms with van der Waals surface area (Å²) in [5.74, 6) is -0.0974. The number of ether oxygens (including phenoxy) is 1. The van der Waals surface area contributed by atoms with E-state index in [1.165, 1.54) is 6.92 Å². The lowest BCUT2D eigenvalue weighted by atomic mass is 9.81. The number of Topliss-reactive ketones (excluding diaryl/α,β-unsaturated/α-hetero) is 1. The Bertz CT molecular complexity index is 666. The van der Waals surface area contributed by atoms with Crippen molar-refractivity contribution in [2.24, 2.45) is 5.73 Å². The van der Waals surface area contributed by atoms with Crippen molar-refractivity contribution in [3.63, 3.8) is 0 Å². The van der Waals surface area contributed by atoms with Crippen LogP contribution in [0, 0.1) is 11.3 Å². The van der Waals surface area contributed by atoms with Crippen LogP contribution in [0.5, 0.6) is 0 Å². The van der Waals surface area contributed by atoms with Crippen LogP contribution in [0.2, 0.25) is 0 Å². The van der Waals surface area contributed by atoms with E-state index in [4.69, 9.17) is 10.5 Å². The quantitative estimate of drug-likeness (QED) is 0.902. The molecule has 0 amide bonds. The number of halogens is 1. The molecule has 0 aliphatic carbocycles. The third-order valence-corrected chi connectivity index (χ3v) is 3.72. The topological polar surface area (TPSA) is 76.1 Å². The van der Waals surface area contributed by atoms with Crippen LogP contribution in [0.1, 0.15) is 25.3 Å². The van der Waals surface area contributed by atoms with Crippen molar-refractivity contribution in [2.75, 3.05) is 0 Å². The van der Waals surface area contributed by atoms with Crippen molar-refractivity contribution in [3.05, 3.63) is 57.1 Å². The van der Waals surface area contributed by atoms with E-state index >= 15 is 0 Å². The molecule has 2 rings (SSSR count). The summed E-state index contributed by atoms with van der Waals surface area (Å²) in [4.78, 5) is 11.9. The van der Waals surface area contributed by atoms with Crippen LogP contribution < -0.4 is 5.73 Å². The van der Waals surface area contributed by atoms with Crippen LogP contribution in [-0.4, -0.2) is 5.78 Å². The predicted molar refractivity (Wildman–Crippen MR) is 78.2 cm³/mol. The van der Waals surface area contributed by atoms with Crippen LogP contribution in [0.4, 0.5) is 0 Å². The van der Waals surface area contributed by atoms with E-state index in [1.54, 1.807) is 6.92 Å². The van der Waals surface area contributed by atoms with Gasteiger partial charge in [-0.2, -0.15) is 5.26 Å². The zero-order valence-corrected chi connectivity index (χ0v) is 12.7. The smallest absolute Gasteiger partial charge is 0.205 e. The Balaban J connectivity index is 2.64. The molecule has 4 nitrogen and oxygen atoms in total. The molecule has 1 atom stereocenters. The monoisotopic (exact) mass is 332 g/mol. The number of carbonyl (C=O) groups excluding carboxylic acids is 1. The molecule has 1 heterocycles. The zero-order valence-electron chi connectivity index (χ0n) is 11.1. The highest BCUT2D eigenvalue weighted by Gasteiger charge is 2.33. The Kier molecular flexibility index (Phi) is 3.96. The summed E-state index contributed by atoms with van der Waals surface area (Å²) in [6.45, 7) is 3.15. The van der Waals surface area contributed by atoms with E-state index in [0.29, 0.717) is 11.3 Å². The molecule has 2 N–H and O–H groups in total. The second-order valence-electron chi connectivity index (χ2n) is 4.50. The lowest BCUT2D eigenvalue weighted by molar-refractivity contribution is -0.114. The zero-order chi connectivity index (χ0) is 14.9. The number of hydrogen-bond donors (Lipinski definition) is 1. The molecule has 0 spiro atoms. The molecule has 0 bridgehead atoms. The first-order valence-electron chi connectivity index (χ1n) is 6.00. The molecule has 1 aliphatic heterocycles. The number of nitrogens with zero attached hydrogens (tertiary/aromatic N) is 1. The summed E-state index contributed by atoms with van der Waals surface area (Å²) in [5.41, 5.74) is 7.35. The Morgan fingerprint density at radius 1 is 1.40 bits per heavy atom. The van der Waals surface area contributed by atoms with Gasteiger partial charge in [-0.05, 0) is 31.5 Å². The van der Waals surface area contributed by atoms with Gasteiger partial charge >= 0.3 is 0 Å². The van der Waals surface area contributed by atoms with E-state index in [0.717, 1.165) is 10.0 Å². The van der Waals surface area contributed by atoms with Gasteiger partial charge in [0.15, 0.2) is 5.78 Å². The van der Waals surface area contributed by atoms with Gasteiger partial charge < -0.3 is 10.5 Å². The molecule has 0 saturated carbocycles. The van der Waals surface area contributed by atoms with E-state index in [9.17, 15) is 10.1 Å². The van der Waals surface area contributed by atoms with Gasteiger partial charge in [-0.25, -0.2) is 0 Å². The van der Waals surface area contributed by atoms with Crippen molar-refractivity contribution in [1.29, 1.82) is 5.26 Å². The Morgan fingerprint density at radius 2 is 2.00 bits per heavy atom. The van der Waals surface area contributed by atoms with E-state index in [1.807, 2.05) is 24.3 Å². The largest absolute Gasteiger partial charge is 0.445 e. The van der Waals surface area contributed by atoms with E-state index in [2.05, 4.69) is 22.0 Å². The van der Waals surface area contributed by atoms with Gasteiger partial charge in [0.2, 0.25) is 5.88 Å². The lowest BCUT2D eigenvalue weighted by Gasteiger charge is -2.26. The molecule has 5 heteroatoms. The molecule has 1 aliphatic rings. The number of hydrogen-bond acceptors (Lipinski definition) is 4. The standard InChI is InChI=1S/C15H13BrN2O2/c1-8(19)13-9(2)20-15(18)12(7-17)14(13)10-3-5-11(16)6-4-10/h3-6,14H,18H2,1-2H3/t14-/m1/s1. The third kappa shape index (κ3) is 2.47. The molecular formula is C15H13BrN2O2. The fourth-order valence-electron chi connectivity index (χ4n) is 2.32. The molecule has 0 aromatic heterocycles. The minimum Gasteiger partial charge on any atom is -0.445 e. The maximum absolute atomic E-state index is 11.9. The van der Waals surface area contributed by atoms with Gasteiger partial charge in [-0.1, -0.05) is 28.1 Å². The lowest BCUT2D eigenvalue weighted by Crippen LogP contribution is -2.23. The van der Waals surface area contributed by atoms with Crippen LogP contribution in [-0.2, 0) is 9.53 Å². The molecular weight excluding hydrogens is 320 g/mol. The van der Waals surface area contributed by atoms with Gasteiger partial charge in [-0.3, -0.25) is 4.79 Å². The van der Waals surface area contributed by atoms with Gasteiger partial charge in [-0.15, -0.1) is 0 Å². The highest BCUT2D eigenvalue weighted by atomic mass is 79.9. The van der Waals surface area contributed by atoms with Gasteiger partial charge in [0.05, 0.1) is 5.92 Å². The van der Waals surface area contributed by atoms with Crippen molar-refractivity contribution in [2.45, 2.75) is 19.8 Å². The highest BCUT2D eigenvalue weighted by molar-refractivity contribution is 9.10. The minimum atomic E-state index is -0.473. The molecule has 0 unspecified atom stereocenters. The molecule has 1 aromatic carbocycles. The molecule has 20 heavy (non-hydrogen) atoms. The number of nitrogens with two attached hydrogens (primary N) is 1. The first kappa shape index (κ1) is 14.4. The average Bonchev–Trinajstić information content (AvgIpc) is 2.38. The molecule has 0 fully saturated rings. The second-order valence-corrected chi connectivity index (χ2v) is 5.42. The van der Waals surface area contributed by atoms with Crippen LogP contribution in [0.25, 0.3) is 0 Å². The maximum Gasteiger partial charge on any atom is 0.205 e. The summed E-state index contributed by atoms with van der Waals surface area (Å²) < 4.78 is 6.25. The Hall–Kier alpha value is -2.06. The molecule has 0 saturated heterocycles. The van der Waals surface area contributed by atoms with Crippen molar-refractivity contribution in [1.82, 2.24) is 0 Å². The third-order valence-electron chi connectivity index (χ3n) is 3.19. The van der Waals surface area contributed by atoms with Crippen molar-refractivity contribution >= 4 is 21.7 Å². The number of ketones is 1. The summed E-state index contributed by atoms with van der Waals surface area (Å²) in [5, 5.41) is 9.32. The normalized spacial score (nSPS) is 18.6. The fraction of sp³-hybridized carbons (Fsp3) is 0.200. The summed E-state index contributed by atoms with van der Waals surface area (Å²) >= 11 is 3.36. The van der Waals surface area contributed by atoms with E-state index < -0.39 is 5.92 Å². The van der Waals surface area contributed by atoms with Crippen molar-refractivity contribution in [3.8, 4) is 6.07 Å². The van der Waals surface area contributed by atoms with Gasteiger partial charge in [0.1, 0.15) is 17.4 Å². The number of benzene rings is 1. The first-order valence-corrected chi connectivity index (χ1v) is 6.79. The number of nitriles is 1. The number of carbonyl (C=O) groups is 1. The number of rotatable bonds is 2. The number of allylic oxidation sites excluding steroid dienone is 3. The minimum absolute atomic E-state index is 0.0583. The summed E-state index contributed by atoms with van der Waals surface area (Å²) in [6.07, 6.45) is 0. The Morgan fingerprint density at radius 3 is 2.50 bits per heavy atom. The SMILES string of the molecule is CC(=O)C1=C(C)OC(N)=C(C#N)[C@H]1c1ccc(Br)cc1. The second kappa shape index (κ2) is 5.51.